The maximum atomic E-state index is 11.2. The van der Waals surface area contributed by atoms with E-state index in [1.807, 2.05) is 0 Å². The van der Waals surface area contributed by atoms with Crippen LogP contribution in [0.5, 0.6) is 5.75 Å². The maximum absolute atomic E-state index is 11.2. The summed E-state index contributed by atoms with van der Waals surface area (Å²) >= 11 is 0. The minimum atomic E-state index is -0.129. The number of phenolic OH excluding ortho intramolecular Hbond substituents is 1. The van der Waals surface area contributed by atoms with Crippen molar-refractivity contribution in [3.63, 3.8) is 0 Å². The second-order valence-electron chi connectivity index (χ2n) is 10.4. The molecule has 2 nitrogen and oxygen atoms in total. The molecular weight excluding hydrogens is 354 g/mol. The average Bonchev–Trinajstić information content (AvgIpc) is 2.65. The van der Waals surface area contributed by atoms with Crippen LogP contribution in [0.25, 0.3) is 0 Å². The van der Waals surface area contributed by atoms with Crippen molar-refractivity contribution >= 4 is 5.69 Å². The highest BCUT2D eigenvalue weighted by Gasteiger charge is 2.30. The Hall–Kier alpha value is -1.96. The molecule has 29 heavy (non-hydrogen) atoms. The highest BCUT2D eigenvalue weighted by Crippen LogP contribution is 2.44. The van der Waals surface area contributed by atoms with Crippen molar-refractivity contribution in [3.8, 4) is 5.75 Å². The lowest BCUT2D eigenvalue weighted by Gasteiger charge is -2.40. The molecule has 0 fully saturated rings. The minimum absolute atomic E-state index is 0.129. The summed E-state index contributed by atoms with van der Waals surface area (Å²) in [5.41, 5.74) is 4.32. The van der Waals surface area contributed by atoms with E-state index >= 15 is 0 Å². The molecule has 1 atom stereocenters. The number of hydrogen-bond donors (Lipinski definition) is 1. The van der Waals surface area contributed by atoms with Gasteiger partial charge in [0.25, 0.3) is 0 Å². The lowest BCUT2D eigenvalue weighted by atomic mass is 9.79. The lowest BCUT2D eigenvalue weighted by molar-refractivity contribution is 0.422. The molecule has 0 saturated carbocycles. The van der Waals surface area contributed by atoms with Crippen LogP contribution in [0.3, 0.4) is 0 Å². The molecule has 1 N–H and O–H groups in total. The van der Waals surface area contributed by atoms with Crippen LogP contribution in [-0.4, -0.2) is 11.1 Å². The van der Waals surface area contributed by atoms with Gasteiger partial charge in [-0.2, -0.15) is 0 Å². The fraction of sp³-hybridized carbons (Fsp3) is 0.556. The van der Waals surface area contributed by atoms with Crippen molar-refractivity contribution in [2.45, 2.75) is 98.1 Å². The van der Waals surface area contributed by atoms with Crippen LogP contribution in [0.2, 0.25) is 0 Å². The quantitative estimate of drug-likeness (QED) is 0.540. The molecule has 0 radical (unpaired) electrons. The van der Waals surface area contributed by atoms with Crippen LogP contribution in [0.1, 0.15) is 97.9 Å². The van der Waals surface area contributed by atoms with Crippen LogP contribution >= 0.6 is 0 Å². The number of aromatic hydroxyl groups is 1. The van der Waals surface area contributed by atoms with E-state index in [-0.39, 0.29) is 16.9 Å². The van der Waals surface area contributed by atoms with Crippen LogP contribution in [0, 0.1) is 0 Å². The lowest BCUT2D eigenvalue weighted by Crippen LogP contribution is -2.37. The number of hydrogen-bond acceptors (Lipinski definition) is 2. The Morgan fingerprint density at radius 3 is 1.66 bits per heavy atom. The molecule has 160 valence electrons. The molecular formula is C27H41NO. The monoisotopic (exact) mass is 395 g/mol. The van der Waals surface area contributed by atoms with E-state index in [1.54, 1.807) is 0 Å². The zero-order valence-corrected chi connectivity index (χ0v) is 20.0. The van der Waals surface area contributed by atoms with Gasteiger partial charge in [0.05, 0.1) is 6.04 Å². The first-order valence-corrected chi connectivity index (χ1v) is 11.1. The van der Waals surface area contributed by atoms with Crippen molar-refractivity contribution < 1.29 is 5.11 Å². The molecule has 0 aliphatic rings. The van der Waals surface area contributed by atoms with Gasteiger partial charge in [-0.1, -0.05) is 85.7 Å². The van der Waals surface area contributed by atoms with E-state index in [9.17, 15) is 5.11 Å². The molecule has 2 aromatic rings. The molecule has 0 spiro atoms. The Labute approximate surface area is 179 Å². The summed E-state index contributed by atoms with van der Waals surface area (Å²) < 4.78 is 0. The van der Waals surface area contributed by atoms with E-state index in [1.165, 1.54) is 11.3 Å². The van der Waals surface area contributed by atoms with Gasteiger partial charge in [0, 0.05) is 22.9 Å². The number of rotatable bonds is 6. The number of nitrogens with zero attached hydrogens (tertiary/aromatic N) is 1. The standard InChI is InChI=1S/C27H41NO/c1-10-21(11-2)28(19(3)20-15-13-12-14-16-20)22-17-23(26(4,5)6)25(29)24(18-22)27(7,8)9/h12-19,21,29H,10-11H2,1-9H3. The minimum Gasteiger partial charge on any atom is -0.507 e. The van der Waals surface area contributed by atoms with Crippen LogP contribution < -0.4 is 4.90 Å². The van der Waals surface area contributed by atoms with Gasteiger partial charge in [-0.25, -0.2) is 0 Å². The number of anilines is 1. The molecule has 0 aliphatic heterocycles. The molecule has 0 aliphatic carbocycles. The first kappa shape index (κ1) is 23.3. The topological polar surface area (TPSA) is 23.5 Å². The smallest absolute Gasteiger partial charge is 0.123 e. The molecule has 0 saturated heterocycles. The normalized spacial score (nSPS) is 13.6. The second kappa shape index (κ2) is 8.81. The Balaban J connectivity index is 2.75. The van der Waals surface area contributed by atoms with Crippen LogP contribution in [0.4, 0.5) is 5.69 Å². The largest absolute Gasteiger partial charge is 0.507 e. The molecule has 0 bridgehead atoms. The van der Waals surface area contributed by atoms with Crippen molar-refractivity contribution in [3.05, 3.63) is 59.2 Å². The summed E-state index contributed by atoms with van der Waals surface area (Å²) in [5.74, 6) is 0.450. The Morgan fingerprint density at radius 2 is 1.28 bits per heavy atom. The van der Waals surface area contributed by atoms with Gasteiger partial charge in [0.2, 0.25) is 0 Å². The van der Waals surface area contributed by atoms with E-state index in [0.29, 0.717) is 11.8 Å². The Kier molecular flexibility index (Phi) is 7.09. The first-order chi connectivity index (χ1) is 13.4. The van der Waals surface area contributed by atoms with Gasteiger partial charge in [-0.3, -0.25) is 0 Å². The predicted molar refractivity (Wildman–Crippen MR) is 127 cm³/mol. The summed E-state index contributed by atoms with van der Waals surface area (Å²) in [4.78, 5) is 2.57. The van der Waals surface area contributed by atoms with Crippen molar-refractivity contribution in [2.24, 2.45) is 0 Å². The van der Waals surface area contributed by atoms with Crippen molar-refractivity contribution in [1.29, 1.82) is 0 Å². The van der Waals surface area contributed by atoms with Gasteiger partial charge in [0.1, 0.15) is 5.75 Å². The van der Waals surface area contributed by atoms with Gasteiger partial charge >= 0.3 is 0 Å². The molecule has 0 amide bonds. The number of benzene rings is 2. The van der Waals surface area contributed by atoms with Gasteiger partial charge in [-0.05, 0) is 48.3 Å². The SMILES string of the molecule is CCC(CC)N(c1cc(C(C)(C)C)c(O)c(C(C)(C)C)c1)C(C)c1ccccc1. The maximum Gasteiger partial charge on any atom is 0.123 e. The van der Waals surface area contributed by atoms with Crippen LogP contribution in [0.15, 0.2) is 42.5 Å². The summed E-state index contributed by atoms with van der Waals surface area (Å²) in [6.45, 7) is 19.9. The zero-order valence-electron chi connectivity index (χ0n) is 20.0. The van der Waals surface area contributed by atoms with Gasteiger partial charge < -0.3 is 10.0 Å². The Morgan fingerprint density at radius 1 is 0.828 bits per heavy atom. The summed E-state index contributed by atoms with van der Waals surface area (Å²) in [6, 6.07) is 15.9. The summed E-state index contributed by atoms with van der Waals surface area (Å²) in [5, 5.41) is 11.2. The molecule has 2 heteroatoms. The molecule has 1 unspecified atom stereocenters. The number of phenols is 1. The third kappa shape index (κ3) is 5.15. The van der Waals surface area contributed by atoms with Crippen LogP contribution in [-0.2, 0) is 10.8 Å². The fourth-order valence-electron chi connectivity index (χ4n) is 4.24. The third-order valence-corrected chi connectivity index (χ3v) is 6.04. The summed E-state index contributed by atoms with van der Waals surface area (Å²) in [7, 11) is 0. The molecule has 2 rings (SSSR count). The Bertz CT molecular complexity index is 757. The second-order valence-corrected chi connectivity index (χ2v) is 10.4. The van der Waals surface area contributed by atoms with E-state index < -0.39 is 0 Å². The van der Waals surface area contributed by atoms with Gasteiger partial charge in [0.15, 0.2) is 0 Å². The third-order valence-electron chi connectivity index (χ3n) is 6.04. The van der Waals surface area contributed by atoms with Crippen molar-refractivity contribution in [2.75, 3.05) is 4.90 Å². The average molecular weight is 396 g/mol. The van der Waals surface area contributed by atoms with E-state index in [4.69, 9.17) is 0 Å². The first-order valence-electron chi connectivity index (χ1n) is 11.1. The highest BCUT2D eigenvalue weighted by atomic mass is 16.3. The van der Waals surface area contributed by atoms with E-state index in [2.05, 4.69) is 110 Å². The van der Waals surface area contributed by atoms with Gasteiger partial charge in [-0.15, -0.1) is 0 Å². The molecule has 0 heterocycles. The summed E-state index contributed by atoms with van der Waals surface area (Å²) in [6.07, 6.45) is 2.18. The van der Waals surface area contributed by atoms with Crippen molar-refractivity contribution in [1.82, 2.24) is 0 Å². The zero-order chi connectivity index (χ0) is 22.0. The highest BCUT2D eigenvalue weighted by molar-refractivity contribution is 5.61. The van der Waals surface area contributed by atoms with E-state index in [0.717, 1.165) is 24.0 Å². The fourth-order valence-corrected chi connectivity index (χ4v) is 4.24. The predicted octanol–water partition coefficient (Wildman–Crippen LogP) is 7.74. The molecule has 0 aromatic heterocycles. The molecule has 2 aromatic carbocycles.